The van der Waals surface area contributed by atoms with E-state index in [4.69, 9.17) is 4.74 Å². The van der Waals surface area contributed by atoms with Gasteiger partial charge < -0.3 is 15.4 Å². The first kappa shape index (κ1) is 20.8. The minimum atomic E-state index is 0.00762. The fourth-order valence-electron chi connectivity index (χ4n) is 4.29. The number of hydrogen-bond acceptors (Lipinski definition) is 7. The molecule has 0 bridgehead atoms. The Morgan fingerprint density at radius 3 is 2.81 bits per heavy atom. The second-order valence-corrected chi connectivity index (χ2v) is 9.04. The molecule has 1 aliphatic rings. The van der Waals surface area contributed by atoms with Crippen molar-refractivity contribution in [2.24, 2.45) is 5.92 Å². The molecule has 1 aliphatic carbocycles. The number of ether oxygens (including phenoxy) is 1. The van der Waals surface area contributed by atoms with Crippen LogP contribution in [0.5, 0.6) is 5.88 Å². The van der Waals surface area contributed by atoms with E-state index < -0.39 is 0 Å². The number of anilines is 1. The van der Waals surface area contributed by atoms with Crippen molar-refractivity contribution in [1.29, 1.82) is 0 Å². The number of carbonyl (C=O) groups excluding carboxylic acids is 1. The van der Waals surface area contributed by atoms with E-state index in [1.807, 2.05) is 11.6 Å². The van der Waals surface area contributed by atoms with Crippen molar-refractivity contribution < 1.29 is 9.53 Å². The standard InChI is InChI=1S/C24H25N5O2S/c1-31-22-9-7-18-23(29-22)19(10-11-25-18)28-24(30)16-3-5-17(6-4-16)26-13-15-2-8-21-20(12-15)27-14-32-21/h2,7-12,14,16-17,26H,3-6,13H2,1H3,(H,25,28,30). The van der Waals surface area contributed by atoms with Gasteiger partial charge in [-0.25, -0.2) is 9.97 Å². The Hall–Kier alpha value is -3.10. The van der Waals surface area contributed by atoms with Crippen molar-refractivity contribution in [3.8, 4) is 5.88 Å². The SMILES string of the molecule is COc1ccc2nccc(NC(=O)C3CCC(NCc4ccc5scnc5c4)CC3)c2n1. The fraction of sp³-hybridized carbons (Fsp3) is 0.333. The largest absolute Gasteiger partial charge is 0.481 e. The molecule has 3 aromatic heterocycles. The van der Waals surface area contributed by atoms with Crippen LogP contribution in [0.1, 0.15) is 31.2 Å². The highest BCUT2D eigenvalue weighted by Gasteiger charge is 2.26. The van der Waals surface area contributed by atoms with Gasteiger partial charge in [0, 0.05) is 30.8 Å². The lowest BCUT2D eigenvalue weighted by Crippen LogP contribution is -2.36. The lowest BCUT2D eigenvalue weighted by atomic mass is 9.85. The number of amides is 1. The quantitative estimate of drug-likeness (QED) is 0.451. The number of thiazole rings is 1. The molecule has 7 nitrogen and oxygen atoms in total. The normalized spacial score (nSPS) is 18.7. The molecule has 0 spiro atoms. The molecule has 3 heterocycles. The summed E-state index contributed by atoms with van der Waals surface area (Å²) in [6.07, 6.45) is 5.40. The third-order valence-electron chi connectivity index (χ3n) is 6.11. The molecule has 0 aliphatic heterocycles. The molecule has 164 valence electrons. The van der Waals surface area contributed by atoms with E-state index >= 15 is 0 Å². The second-order valence-electron chi connectivity index (χ2n) is 8.15. The lowest BCUT2D eigenvalue weighted by Gasteiger charge is -2.28. The van der Waals surface area contributed by atoms with Crippen LogP contribution in [0.3, 0.4) is 0 Å². The highest BCUT2D eigenvalue weighted by Crippen LogP contribution is 2.28. The lowest BCUT2D eigenvalue weighted by molar-refractivity contribution is -0.120. The van der Waals surface area contributed by atoms with E-state index in [1.54, 1.807) is 36.8 Å². The number of fused-ring (bicyclic) bond motifs is 2. The van der Waals surface area contributed by atoms with Gasteiger partial charge in [0.1, 0.15) is 5.52 Å². The number of aromatic nitrogens is 3. The molecule has 0 unspecified atom stereocenters. The number of nitrogens with zero attached hydrogens (tertiary/aromatic N) is 3. The van der Waals surface area contributed by atoms with E-state index in [0.717, 1.165) is 43.3 Å². The molecule has 0 radical (unpaired) electrons. The van der Waals surface area contributed by atoms with Crippen LogP contribution in [0.4, 0.5) is 5.69 Å². The van der Waals surface area contributed by atoms with Gasteiger partial charge in [0.05, 0.1) is 34.0 Å². The molecule has 32 heavy (non-hydrogen) atoms. The Balaban J connectivity index is 1.16. The number of rotatable bonds is 6. The minimum absolute atomic E-state index is 0.00762. The van der Waals surface area contributed by atoms with Crippen molar-refractivity contribution in [3.63, 3.8) is 0 Å². The number of nitrogens with one attached hydrogen (secondary N) is 2. The van der Waals surface area contributed by atoms with Crippen LogP contribution in [0.2, 0.25) is 0 Å². The number of methoxy groups -OCH3 is 1. The first-order valence-electron chi connectivity index (χ1n) is 10.9. The van der Waals surface area contributed by atoms with Crippen molar-refractivity contribution in [3.05, 3.63) is 53.7 Å². The molecule has 4 aromatic rings. The number of pyridine rings is 2. The van der Waals surface area contributed by atoms with Gasteiger partial charge in [0.25, 0.3) is 0 Å². The third kappa shape index (κ3) is 4.42. The molecule has 1 aromatic carbocycles. The Labute approximate surface area is 190 Å². The Bertz CT molecular complexity index is 1250. The second kappa shape index (κ2) is 9.18. The first-order chi connectivity index (χ1) is 15.7. The van der Waals surface area contributed by atoms with E-state index in [2.05, 4.69) is 43.8 Å². The van der Waals surface area contributed by atoms with Crippen molar-refractivity contribution in [1.82, 2.24) is 20.3 Å². The summed E-state index contributed by atoms with van der Waals surface area (Å²) in [6.45, 7) is 0.825. The van der Waals surface area contributed by atoms with E-state index in [0.29, 0.717) is 23.1 Å². The molecule has 1 amide bonds. The molecular weight excluding hydrogens is 422 g/mol. The maximum absolute atomic E-state index is 12.9. The predicted octanol–water partition coefficient (Wildman–Crippen LogP) is 4.54. The summed E-state index contributed by atoms with van der Waals surface area (Å²) in [7, 11) is 1.58. The molecule has 5 rings (SSSR count). The Morgan fingerprint density at radius 1 is 1.09 bits per heavy atom. The Kier molecular flexibility index (Phi) is 5.96. The van der Waals surface area contributed by atoms with Crippen molar-refractivity contribution in [2.75, 3.05) is 12.4 Å². The van der Waals surface area contributed by atoms with Crippen LogP contribution in [0.15, 0.2) is 48.1 Å². The maximum atomic E-state index is 12.9. The summed E-state index contributed by atoms with van der Waals surface area (Å²) >= 11 is 1.66. The third-order valence-corrected chi connectivity index (χ3v) is 6.92. The van der Waals surface area contributed by atoms with Crippen LogP contribution in [-0.4, -0.2) is 34.0 Å². The smallest absolute Gasteiger partial charge is 0.227 e. The summed E-state index contributed by atoms with van der Waals surface area (Å²) in [5.41, 5.74) is 6.24. The van der Waals surface area contributed by atoms with Gasteiger partial charge in [-0.05, 0) is 55.5 Å². The van der Waals surface area contributed by atoms with Gasteiger partial charge in [0.15, 0.2) is 0 Å². The van der Waals surface area contributed by atoms with Crippen LogP contribution in [0, 0.1) is 5.92 Å². The number of benzene rings is 1. The van der Waals surface area contributed by atoms with Gasteiger partial charge in [-0.3, -0.25) is 9.78 Å². The van der Waals surface area contributed by atoms with Crippen LogP contribution < -0.4 is 15.4 Å². The van der Waals surface area contributed by atoms with E-state index in [-0.39, 0.29) is 11.8 Å². The molecule has 0 saturated heterocycles. The van der Waals surface area contributed by atoms with Gasteiger partial charge in [0.2, 0.25) is 11.8 Å². The van der Waals surface area contributed by atoms with Crippen molar-refractivity contribution >= 4 is 44.2 Å². The minimum Gasteiger partial charge on any atom is -0.481 e. The molecular formula is C24H25N5O2S. The van der Waals surface area contributed by atoms with E-state index in [1.165, 1.54) is 10.3 Å². The summed E-state index contributed by atoms with van der Waals surface area (Å²) in [6, 6.07) is 12.3. The molecule has 1 saturated carbocycles. The zero-order chi connectivity index (χ0) is 21.9. The predicted molar refractivity (Wildman–Crippen MR) is 127 cm³/mol. The molecule has 2 N–H and O–H groups in total. The van der Waals surface area contributed by atoms with Gasteiger partial charge in [-0.1, -0.05) is 6.07 Å². The average molecular weight is 448 g/mol. The van der Waals surface area contributed by atoms with Crippen molar-refractivity contribution in [2.45, 2.75) is 38.3 Å². The first-order valence-corrected chi connectivity index (χ1v) is 11.7. The summed E-state index contributed by atoms with van der Waals surface area (Å²) in [5, 5.41) is 6.72. The molecule has 0 atom stereocenters. The van der Waals surface area contributed by atoms with Crippen LogP contribution in [0.25, 0.3) is 21.3 Å². The summed E-state index contributed by atoms with van der Waals surface area (Å²) in [4.78, 5) is 26.1. The topological polar surface area (TPSA) is 89.0 Å². The fourth-order valence-corrected chi connectivity index (χ4v) is 4.95. The average Bonchev–Trinajstić information content (AvgIpc) is 3.31. The van der Waals surface area contributed by atoms with Gasteiger partial charge in [-0.15, -0.1) is 11.3 Å². The number of carbonyl (C=O) groups is 1. The zero-order valence-corrected chi connectivity index (χ0v) is 18.7. The van der Waals surface area contributed by atoms with Gasteiger partial charge in [-0.2, -0.15) is 0 Å². The zero-order valence-electron chi connectivity index (χ0n) is 17.9. The summed E-state index contributed by atoms with van der Waals surface area (Å²) in [5.74, 6) is 0.560. The maximum Gasteiger partial charge on any atom is 0.227 e. The number of hydrogen-bond donors (Lipinski definition) is 2. The monoisotopic (exact) mass is 447 g/mol. The summed E-state index contributed by atoms with van der Waals surface area (Å²) < 4.78 is 6.44. The van der Waals surface area contributed by atoms with Gasteiger partial charge >= 0.3 is 0 Å². The highest BCUT2D eigenvalue weighted by atomic mass is 32.1. The Morgan fingerprint density at radius 2 is 1.97 bits per heavy atom. The van der Waals surface area contributed by atoms with Crippen LogP contribution in [-0.2, 0) is 11.3 Å². The van der Waals surface area contributed by atoms with Crippen LogP contribution >= 0.6 is 11.3 Å². The molecule has 1 fully saturated rings. The van der Waals surface area contributed by atoms with E-state index in [9.17, 15) is 4.79 Å². The highest BCUT2D eigenvalue weighted by molar-refractivity contribution is 7.16. The molecule has 8 heteroatoms.